The lowest BCUT2D eigenvalue weighted by molar-refractivity contribution is 0.00578. The van der Waals surface area contributed by atoms with Gasteiger partial charge in [-0.1, -0.05) is 11.6 Å². The fourth-order valence-corrected chi connectivity index (χ4v) is 3.44. The van der Waals surface area contributed by atoms with Crippen LogP contribution in [0.3, 0.4) is 0 Å². The van der Waals surface area contributed by atoms with Crippen LogP contribution in [-0.2, 0) is 9.31 Å². The molecule has 1 aliphatic carbocycles. The van der Waals surface area contributed by atoms with E-state index in [0.717, 1.165) is 10.8 Å². The van der Waals surface area contributed by atoms with E-state index in [1.165, 1.54) is 5.56 Å². The fourth-order valence-electron chi connectivity index (χ4n) is 2.48. The lowest BCUT2D eigenvalue weighted by Crippen LogP contribution is -2.41. The van der Waals surface area contributed by atoms with E-state index in [2.05, 4.69) is 39.1 Å². The molecule has 1 aromatic rings. The molecule has 0 spiro atoms. The van der Waals surface area contributed by atoms with Crippen LogP contribution in [-0.4, -0.2) is 18.3 Å². The first-order valence-corrected chi connectivity index (χ1v) is 7.65. The largest absolute Gasteiger partial charge is 0.461 e. The molecule has 98 valence electrons. The average molecular weight is 285 g/mol. The first kappa shape index (κ1) is 13.0. The number of halogens is 1. The van der Waals surface area contributed by atoms with Gasteiger partial charge < -0.3 is 9.31 Å². The highest BCUT2D eigenvalue weighted by atomic mass is 35.5. The molecule has 2 fully saturated rings. The Kier molecular flexibility index (Phi) is 2.87. The molecule has 0 amide bonds. The zero-order valence-corrected chi connectivity index (χ0v) is 12.8. The summed E-state index contributed by atoms with van der Waals surface area (Å²) in [5.74, 6) is 1.04. The summed E-state index contributed by atoms with van der Waals surface area (Å²) in [5, 5.41) is 2.15. The highest BCUT2D eigenvalue weighted by Gasteiger charge is 2.59. The van der Waals surface area contributed by atoms with Gasteiger partial charge in [-0.15, -0.1) is 11.3 Å². The van der Waals surface area contributed by atoms with E-state index < -0.39 is 0 Å². The third kappa shape index (κ3) is 2.03. The summed E-state index contributed by atoms with van der Waals surface area (Å²) in [6.45, 7) is 8.41. The second-order valence-electron chi connectivity index (χ2n) is 6.31. The number of hydrogen-bond acceptors (Lipinski definition) is 3. The smallest absolute Gasteiger partial charge is 0.403 e. The SMILES string of the molecule is CC1(C)OB(C2CC2c2csc(Cl)c2)OC1(C)C. The van der Waals surface area contributed by atoms with Gasteiger partial charge in [0.25, 0.3) is 0 Å². The fraction of sp³-hybridized carbons (Fsp3) is 0.692. The minimum Gasteiger partial charge on any atom is -0.403 e. The zero-order valence-electron chi connectivity index (χ0n) is 11.2. The van der Waals surface area contributed by atoms with Crippen LogP contribution < -0.4 is 0 Å². The van der Waals surface area contributed by atoms with Crippen molar-refractivity contribution in [1.82, 2.24) is 0 Å². The normalized spacial score (nSPS) is 32.8. The van der Waals surface area contributed by atoms with Crippen molar-refractivity contribution in [3.8, 4) is 0 Å². The number of rotatable bonds is 2. The molecule has 0 aromatic carbocycles. The Morgan fingerprint density at radius 2 is 1.89 bits per heavy atom. The van der Waals surface area contributed by atoms with Crippen molar-refractivity contribution in [3.63, 3.8) is 0 Å². The van der Waals surface area contributed by atoms with Crippen molar-refractivity contribution < 1.29 is 9.31 Å². The molecule has 3 rings (SSSR count). The zero-order chi connectivity index (χ0) is 13.1. The van der Waals surface area contributed by atoms with Crippen molar-refractivity contribution in [2.45, 2.75) is 57.1 Å². The number of hydrogen-bond donors (Lipinski definition) is 0. The Morgan fingerprint density at radius 3 is 2.39 bits per heavy atom. The Hall–Kier alpha value is -0.0251. The lowest BCUT2D eigenvalue weighted by Gasteiger charge is -2.32. The standard InChI is InChI=1S/C13H18BClO2S/c1-12(2)13(3,4)17-14(16-12)10-6-9(10)8-5-11(15)18-7-8/h5,7,9-10H,6H2,1-4H3. The predicted molar refractivity (Wildman–Crippen MR) is 76.5 cm³/mol. The summed E-state index contributed by atoms with van der Waals surface area (Å²) in [4.78, 5) is 0. The topological polar surface area (TPSA) is 18.5 Å². The molecule has 2 unspecified atom stereocenters. The Balaban J connectivity index is 1.70. The monoisotopic (exact) mass is 284 g/mol. The molecular weight excluding hydrogens is 266 g/mol. The summed E-state index contributed by atoms with van der Waals surface area (Å²) < 4.78 is 13.1. The van der Waals surface area contributed by atoms with E-state index in [9.17, 15) is 0 Å². The molecule has 5 heteroatoms. The molecular formula is C13H18BClO2S. The third-order valence-corrected chi connectivity index (χ3v) is 5.59. The van der Waals surface area contributed by atoms with Gasteiger partial charge in [0, 0.05) is 5.82 Å². The molecule has 2 atom stereocenters. The summed E-state index contributed by atoms with van der Waals surface area (Å²) in [6.07, 6.45) is 1.14. The van der Waals surface area contributed by atoms with Crippen molar-refractivity contribution in [1.29, 1.82) is 0 Å². The Bertz CT molecular complexity index is 455. The van der Waals surface area contributed by atoms with E-state index >= 15 is 0 Å². The van der Waals surface area contributed by atoms with Crippen molar-refractivity contribution in [2.75, 3.05) is 0 Å². The van der Waals surface area contributed by atoms with Crippen molar-refractivity contribution >= 4 is 30.1 Å². The molecule has 2 nitrogen and oxygen atoms in total. The van der Waals surface area contributed by atoms with Gasteiger partial charge in [-0.05, 0) is 57.0 Å². The highest BCUT2D eigenvalue weighted by molar-refractivity contribution is 7.14. The summed E-state index contributed by atoms with van der Waals surface area (Å²) in [7, 11) is -0.0707. The minimum atomic E-state index is -0.225. The maximum atomic E-state index is 6.09. The van der Waals surface area contributed by atoms with E-state index in [1.807, 2.05) is 0 Å². The molecule has 2 aliphatic rings. The first-order chi connectivity index (χ1) is 8.30. The maximum Gasteiger partial charge on any atom is 0.461 e. The molecule has 1 aliphatic heterocycles. The molecule has 1 saturated heterocycles. The summed E-state index contributed by atoms with van der Waals surface area (Å²) in [6, 6.07) is 2.07. The number of thiophene rings is 1. The van der Waals surface area contributed by atoms with Gasteiger partial charge in [-0.2, -0.15) is 0 Å². The van der Waals surface area contributed by atoms with Crippen molar-refractivity contribution in [2.24, 2.45) is 0 Å². The van der Waals surface area contributed by atoms with Gasteiger partial charge in [0.15, 0.2) is 0 Å². The van der Waals surface area contributed by atoms with Gasteiger partial charge in [0.2, 0.25) is 0 Å². The van der Waals surface area contributed by atoms with Gasteiger partial charge in [-0.25, -0.2) is 0 Å². The molecule has 2 heterocycles. The predicted octanol–water partition coefficient (Wildman–Crippen LogP) is 4.35. The maximum absolute atomic E-state index is 6.09. The average Bonchev–Trinajstić information content (AvgIpc) is 2.87. The highest BCUT2D eigenvalue weighted by Crippen LogP contribution is 2.59. The lowest BCUT2D eigenvalue weighted by atomic mass is 9.80. The van der Waals surface area contributed by atoms with Crippen LogP contribution >= 0.6 is 22.9 Å². The second-order valence-corrected chi connectivity index (χ2v) is 7.86. The van der Waals surface area contributed by atoms with E-state index in [4.69, 9.17) is 20.9 Å². The second kappa shape index (κ2) is 3.98. The molecule has 0 bridgehead atoms. The molecule has 1 saturated carbocycles. The quantitative estimate of drug-likeness (QED) is 0.752. The molecule has 0 radical (unpaired) electrons. The van der Waals surface area contributed by atoms with Crippen LogP contribution in [0.15, 0.2) is 11.4 Å². The molecule has 18 heavy (non-hydrogen) atoms. The third-order valence-electron chi connectivity index (χ3n) is 4.48. The van der Waals surface area contributed by atoms with Gasteiger partial charge in [0.1, 0.15) is 0 Å². The molecule has 0 N–H and O–H groups in total. The summed E-state index contributed by atoms with van der Waals surface area (Å²) >= 11 is 7.59. The molecule has 1 aromatic heterocycles. The van der Waals surface area contributed by atoms with Crippen LogP contribution in [0.1, 0.15) is 45.6 Å². The van der Waals surface area contributed by atoms with Crippen LogP contribution in [0.25, 0.3) is 0 Å². The van der Waals surface area contributed by atoms with E-state index in [0.29, 0.717) is 11.7 Å². The van der Waals surface area contributed by atoms with E-state index in [-0.39, 0.29) is 18.3 Å². The van der Waals surface area contributed by atoms with Crippen LogP contribution in [0.4, 0.5) is 0 Å². The summed E-state index contributed by atoms with van der Waals surface area (Å²) in [5.41, 5.74) is 0.887. The van der Waals surface area contributed by atoms with Crippen LogP contribution in [0, 0.1) is 0 Å². The van der Waals surface area contributed by atoms with Gasteiger partial charge >= 0.3 is 7.12 Å². The Labute approximate surface area is 118 Å². The van der Waals surface area contributed by atoms with Crippen LogP contribution in [0.5, 0.6) is 0 Å². The van der Waals surface area contributed by atoms with Crippen LogP contribution in [0.2, 0.25) is 10.2 Å². The van der Waals surface area contributed by atoms with Gasteiger partial charge in [0.05, 0.1) is 15.5 Å². The van der Waals surface area contributed by atoms with Gasteiger partial charge in [-0.3, -0.25) is 0 Å². The minimum absolute atomic E-state index is 0.0707. The van der Waals surface area contributed by atoms with E-state index in [1.54, 1.807) is 11.3 Å². The Morgan fingerprint density at radius 1 is 1.28 bits per heavy atom. The van der Waals surface area contributed by atoms with Crippen molar-refractivity contribution in [3.05, 3.63) is 21.3 Å². The first-order valence-electron chi connectivity index (χ1n) is 6.40.